The monoisotopic (exact) mass is 213 g/mol. The van der Waals surface area contributed by atoms with Gasteiger partial charge in [-0.2, -0.15) is 0 Å². The van der Waals surface area contributed by atoms with Gasteiger partial charge in [-0.15, -0.1) is 0 Å². The van der Waals surface area contributed by atoms with Gasteiger partial charge in [0.05, 0.1) is 6.04 Å². The van der Waals surface area contributed by atoms with Gasteiger partial charge in [-0.3, -0.25) is 4.79 Å². The maximum Gasteiger partial charge on any atom is 0.417 e. The first-order valence-electron chi connectivity index (χ1n) is 4.85. The van der Waals surface area contributed by atoms with Crippen molar-refractivity contribution in [1.82, 2.24) is 4.90 Å². The van der Waals surface area contributed by atoms with Gasteiger partial charge in [-0.05, 0) is 27.2 Å². The molecule has 1 heterocycles. The Balaban J connectivity index is 2.73. The Kier molecular flexibility index (Phi) is 3.12. The molecule has 0 aromatic rings. The second-order valence-corrected chi connectivity index (χ2v) is 4.49. The van der Waals surface area contributed by atoms with Crippen LogP contribution in [-0.4, -0.2) is 34.8 Å². The highest BCUT2D eigenvalue weighted by molar-refractivity contribution is 5.97. The van der Waals surface area contributed by atoms with Gasteiger partial charge >= 0.3 is 6.09 Å². The Morgan fingerprint density at radius 3 is 2.60 bits per heavy atom. The zero-order valence-electron chi connectivity index (χ0n) is 9.15. The Hall–Kier alpha value is -1.39. The summed E-state index contributed by atoms with van der Waals surface area (Å²) in [5.41, 5.74) is -0.659. The zero-order valence-corrected chi connectivity index (χ0v) is 9.15. The quantitative estimate of drug-likeness (QED) is 0.612. The van der Waals surface area contributed by atoms with Gasteiger partial charge in [0.1, 0.15) is 11.9 Å². The molecule has 1 atom stereocenters. The molecule has 2 amide bonds. The number of likely N-dealkylation sites (tertiary alicyclic amines) is 1. The number of rotatable bonds is 1. The zero-order chi connectivity index (χ0) is 11.6. The Morgan fingerprint density at radius 2 is 2.13 bits per heavy atom. The predicted molar refractivity (Wildman–Crippen MR) is 52.2 cm³/mol. The second kappa shape index (κ2) is 4.00. The number of aldehydes is 1. The molecule has 0 N–H and O–H groups in total. The lowest BCUT2D eigenvalue weighted by atomic mass is 10.2. The number of imide groups is 1. The fraction of sp³-hybridized carbons (Fsp3) is 0.700. The molecule has 0 saturated carbocycles. The summed E-state index contributed by atoms with van der Waals surface area (Å²) in [6.45, 7) is 5.13. The van der Waals surface area contributed by atoms with Crippen LogP contribution in [0.25, 0.3) is 0 Å². The summed E-state index contributed by atoms with van der Waals surface area (Å²) in [6.07, 6.45) is 0.487. The van der Waals surface area contributed by atoms with Crippen LogP contribution >= 0.6 is 0 Å². The first-order chi connectivity index (χ1) is 6.85. The van der Waals surface area contributed by atoms with E-state index in [0.29, 0.717) is 12.7 Å². The minimum Gasteiger partial charge on any atom is -0.443 e. The predicted octanol–water partition coefficient (Wildman–Crippen LogP) is 1.11. The van der Waals surface area contributed by atoms with Gasteiger partial charge in [0.15, 0.2) is 0 Å². The molecule has 0 radical (unpaired) electrons. The van der Waals surface area contributed by atoms with E-state index in [9.17, 15) is 14.4 Å². The number of hydrogen-bond donors (Lipinski definition) is 0. The third-order valence-corrected chi connectivity index (χ3v) is 2.00. The van der Waals surface area contributed by atoms with Crippen LogP contribution in [0.2, 0.25) is 0 Å². The number of carbonyl (C=O) groups is 3. The molecule has 84 valence electrons. The molecule has 0 aromatic heterocycles. The van der Waals surface area contributed by atoms with Gasteiger partial charge in [0.25, 0.3) is 0 Å². The molecule has 0 bridgehead atoms. The summed E-state index contributed by atoms with van der Waals surface area (Å²) in [7, 11) is 0. The highest BCUT2D eigenvalue weighted by Crippen LogP contribution is 2.20. The van der Waals surface area contributed by atoms with Crippen molar-refractivity contribution in [2.45, 2.75) is 45.3 Å². The summed E-state index contributed by atoms with van der Waals surface area (Å²) in [6, 6.07) is -0.660. The van der Waals surface area contributed by atoms with E-state index in [1.54, 1.807) is 20.8 Å². The molecule has 5 nitrogen and oxygen atoms in total. The summed E-state index contributed by atoms with van der Waals surface area (Å²) in [5, 5.41) is 0. The van der Waals surface area contributed by atoms with E-state index in [1.165, 1.54) is 0 Å². The van der Waals surface area contributed by atoms with E-state index < -0.39 is 17.7 Å². The van der Waals surface area contributed by atoms with Gasteiger partial charge < -0.3 is 9.53 Å². The number of hydrogen-bond acceptors (Lipinski definition) is 4. The summed E-state index contributed by atoms with van der Waals surface area (Å²) >= 11 is 0. The summed E-state index contributed by atoms with van der Waals surface area (Å²) in [5.74, 6) is -0.346. The van der Waals surface area contributed by atoms with Crippen LogP contribution in [0.15, 0.2) is 0 Å². The number of ether oxygens (including phenoxy) is 1. The van der Waals surface area contributed by atoms with Crippen molar-refractivity contribution >= 4 is 18.3 Å². The number of carbonyl (C=O) groups excluding carboxylic acids is 3. The van der Waals surface area contributed by atoms with Crippen LogP contribution < -0.4 is 0 Å². The highest BCUT2D eigenvalue weighted by Gasteiger charge is 2.38. The van der Waals surface area contributed by atoms with Gasteiger partial charge in [-0.25, -0.2) is 9.69 Å². The molecule has 0 unspecified atom stereocenters. The first kappa shape index (κ1) is 11.7. The molecular formula is C10H15NO4. The van der Waals surface area contributed by atoms with Crippen molar-refractivity contribution < 1.29 is 19.1 Å². The second-order valence-electron chi connectivity index (χ2n) is 4.49. The van der Waals surface area contributed by atoms with Crippen molar-refractivity contribution in [2.24, 2.45) is 0 Å². The summed E-state index contributed by atoms with van der Waals surface area (Å²) < 4.78 is 5.03. The van der Waals surface area contributed by atoms with E-state index in [1.807, 2.05) is 0 Å². The molecule has 1 fully saturated rings. The van der Waals surface area contributed by atoms with E-state index in [4.69, 9.17) is 4.74 Å². The maximum atomic E-state index is 11.6. The maximum absolute atomic E-state index is 11.6. The minimum absolute atomic E-state index is 0.225. The average Bonchev–Trinajstić information content (AvgIpc) is 2.43. The fourth-order valence-corrected chi connectivity index (χ4v) is 1.38. The highest BCUT2D eigenvalue weighted by atomic mass is 16.6. The average molecular weight is 213 g/mol. The van der Waals surface area contributed by atoms with Crippen molar-refractivity contribution in [3.05, 3.63) is 0 Å². The van der Waals surface area contributed by atoms with Crippen molar-refractivity contribution in [1.29, 1.82) is 0 Å². The molecule has 1 rings (SSSR count). The molecule has 0 aromatic carbocycles. The van der Waals surface area contributed by atoms with Crippen LogP contribution in [0.5, 0.6) is 0 Å². The molecule has 5 heteroatoms. The van der Waals surface area contributed by atoms with Crippen LogP contribution in [0.1, 0.15) is 33.6 Å². The van der Waals surface area contributed by atoms with E-state index in [2.05, 4.69) is 0 Å². The van der Waals surface area contributed by atoms with Crippen molar-refractivity contribution in [3.8, 4) is 0 Å². The molecule has 0 aliphatic carbocycles. The topological polar surface area (TPSA) is 63.7 Å². The lowest BCUT2D eigenvalue weighted by Crippen LogP contribution is -2.42. The molecule has 1 aliphatic heterocycles. The summed E-state index contributed by atoms with van der Waals surface area (Å²) in [4.78, 5) is 34.4. The van der Waals surface area contributed by atoms with E-state index in [0.717, 1.165) is 4.90 Å². The molecule has 1 aliphatic rings. The number of nitrogens with zero attached hydrogens (tertiary/aromatic N) is 1. The Morgan fingerprint density at radius 1 is 1.53 bits per heavy atom. The van der Waals surface area contributed by atoms with E-state index >= 15 is 0 Å². The smallest absolute Gasteiger partial charge is 0.417 e. The standard InChI is InChI=1S/C10H15NO4/c1-10(2,3)15-9(14)11-7(6-12)4-5-8(11)13/h6-7H,4-5H2,1-3H3/t7-/m1/s1. The Bertz CT molecular complexity index is 292. The molecule has 1 saturated heterocycles. The fourth-order valence-electron chi connectivity index (χ4n) is 1.38. The normalized spacial score (nSPS) is 21.7. The van der Waals surface area contributed by atoms with Crippen LogP contribution in [0.3, 0.4) is 0 Å². The minimum atomic E-state index is -0.734. The van der Waals surface area contributed by atoms with Crippen molar-refractivity contribution in [2.75, 3.05) is 0 Å². The lowest BCUT2D eigenvalue weighted by molar-refractivity contribution is -0.130. The van der Waals surface area contributed by atoms with Gasteiger partial charge in [0, 0.05) is 6.42 Å². The molecule has 0 spiro atoms. The van der Waals surface area contributed by atoms with Crippen LogP contribution in [0.4, 0.5) is 4.79 Å². The van der Waals surface area contributed by atoms with E-state index in [-0.39, 0.29) is 12.3 Å². The molecular weight excluding hydrogens is 198 g/mol. The van der Waals surface area contributed by atoms with Gasteiger partial charge in [0.2, 0.25) is 5.91 Å². The van der Waals surface area contributed by atoms with Crippen molar-refractivity contribution in [3.63, 3.8) is 0 Å². The SMILES string of the molecule is CC(C)(C)OC(=O)N1C(=O)CC[C@@H]1C=O. The Labute approximate surface area is 88.4 Å². The number of amides is 2. The largest absolute Gasteiger partial charge is 0.443 e. The molecule has 15 heavy (non-hydrogen) atoms. The van der Waals surface area contributed by atoms with Crippen LogP contribution in [-0.2, 0) is 14.3 Å². The lowest BCUT2D eigenvalue weighted by Gasteiger charge is -2.25. The third-order valence-electron chi connectivity index (χ3n) is 2.00. The van der Waals surface area contributed by atoms with Gasteiger partial charge in [-0.1, -0.05) is 0 Å². The third kappa shape index (κ3) is 2.78. The van der Waals surface area contributed by atoms with Crippen LogP contribution in [0, 0.1) is 0 Å². The first-order valence-corrected chi connectivity index (χ1v) is 4.85.